The van der Waals surface area contributed by atoms with E-state index in [1.807, 2.05) is 39.0 Å². The molecule has 5 saturated heterocycles. The van der Waals surface area contributed by atoms with E-state index in [-0.39, 0.29) is 0 Å². The topological polar surface area (TPSA) is 135 Å². The summed E-state index contributed by atoms with van der Waals surface area (Å²) in [7, 11) is 8.78. The molecule has 70 heavy (non-hydrogen) atoms. The van der Waals surface area contributed by atoms with Crippen LogP contribution in [0.1, 0.15) is 67.0 Å². The van der Waals surface area contributed by atoms with Crippen LogP contribution in [0, 0.1) is 20.8 Å². The number of likely N-dealkylation sites (tertiary alicyclic amines) is 1. The number of likely N-dealkylation sites (N-methyl/N-ethyl adjacent to an activating group) is 5. The summed E-state index contributed by atoms with van der Waals surface area (Å²) >= 11 is 0. The Kier molecular flexibility index (Phi) is 28.0. The average Bonchev–Trinajstić information content (AvgIpc) is 4.10. The molecule has 5 fully saturated rings. The van der Waals surface area contributed by atoms with Crippen LogP contribution in [0.2, 0.25) is 0 Å². The van der Waals surface area contributed by atoms with Gasteiger partial charge in [0.05, 0.1) is 31.2 Å². The Bertz CT molecular complexity index is 1560. The van der Waals surface area contributed by atoms with E-state index < -0.39 is 0 Å². The molecule has 0 aliphatic carbocycles. The molecule has 3 aromatic rings. The molecule has 400 valence electrons. The predicted molar refractivity (Wildman–Crippen MR) is 278 cm³/mol. The fourth-order valence-electron chi connectivity index (χ4n) is 9.03. The van der Waals surface area contributed by atoms with Crippen molar-refractivity contribution in [2.24, 2.45) is 0 Å². The monoisotopic (exact) mass is 985 g/mol. The molecule has 8 heterocycles. The third-order valence-corrected chi connectivity index (χ3v) is 14.1. The van der Waals surface area contributed by atoms with E-state index in [2.05, 4.69) is 94.7 Å². The van der Waals surface area contributed by atoms with Crippen molar-refractivity contribution in [3.63, 3.8) is 0 Å². The number of hydrogen-bond acceptors (Lipinski definition) is 18. The summed E-state index contributed by atoms with van der Waals surface area (Å²) in [5, 5.41) is 11.8. The number of unbranched alkanes of at least 4 members (excludes halogenated alkanes) is 1. The maximum atomic E-state index is 5.68. The molecule has 5 aliphatic heterocycles. The molecule has 8 rings (SSSR count). The first-order valence-electron chi connectivity index (χ1n) is 26.9. The number of piperazine rings is 4. The minimum atomic E-state index is 0.561. The zero-order valence-electron chi connectivity index (χ0n) is 45.2. The van der Waals surface area contributed by atoms with Crippen LogP contribution >= 0.6 is 0 Å². The standard InChI is InChI=1S/3C14H25N3O2.C10H21N3/c1-13-12-14(15-19-13)4-11-18-10-3-5-17-8-6-16(2)7-9-17;1-13-12-14(15-19-13)4-3-10-18-11-9-17-7-5-16(2)6-8-17;1-13-11-14(15-19-13)12-18-10-4-3-5-17-8-6-16(2)7-9-17;1-3-12-8-10(9-12)13-6-4-11(2)5-7-13/h2*12H,3-11H2,1-2H3;11H,3-10,12H2,1-2H3;10H,3-9H2,1-2H3. The van der Waals surface area contributed by atoms with Gasteiger partial charge < -0.3 is 62.1 Å². The predicted octanol–water partition coefficient (Wildman–Crippen LogP) is 3.82. The maximum absolute atomic E-state index is 5.68. The van der Waals surface area contributed by atoms with Crippen molar-refractivity contribution < 1.29 is 27.8 Å². The Labute approximate surface area is 422 Å². The second kappa shape index (κ2) is 33.8. The Balaban J connectivity index is 0.000000175. The van der Waals surface area contributed by atoms with E-state index in [1.54, 1.807) is 0 Å². The highest BCUT2D eigenvalue weighted by Gasteiger charge is 2.31. The zero-order chi connectivity index (χ0) is 49.8. The molecule has 0 amide bonds. The molecule has 0 atom stereocenters. The van der Waals surface area contributed by atoms with Crippen molar-refractivity contribution in [1.29, 1.82) is 0 Å². The molecule has 5 aliphatic rings. The minimum Gasteiger partial charge on any atom is -0.381 e. The van der Waals surface area contributed by atoms with Crippen molar-refractivity contribution in [1.82, 2.24) is 59.6 Å². The molecule has 0 radical (unpaired) electrons. The maximum Gasteiger partial charge on any atom is 0.134 e. The molecular weight excluding hydrogens is 889 g/mol. The van der Waals surface area contributed by atoms with Crippen molar-refractivity contribution >= 4 is 0 Å². The third kappa shape index (κ3) is 24.2. The van der Waals surface area contributed by atoms with Crippen LogP contribution in [0.3, 0.4) is 0 Å². The van der Waals surface area contributed by atoms with E-state index in [9.17, 15) is 0 Å². The fraction of sp³-hybridized carbons (Fsp3) is 0.827. The smallest absolute Gasteiger partial charge is 0.134 e. The van der Waals surface area contributed by atoms with Crippen LogP contribution in [0.4, 0.5) is 0 Å². The van der Waals surface area contributed by atoms with Crippen LogP contribution in [-0.4, -0.2) is 271 Å². The molecule has 18 nitrogen and oxygen atoms in total. The molecule has 18 heteroatoms. The summed E-state index contributed by atoms with van der Waals surface area (Å²) in [5.74, 6) is 2.59. The normalized spacial score (nSPS) is 20.1. The summed E-state index contributed by atoms with van der Waals surface area (Å²) in [6, 6.07) is 6.75. The number of hydrogen-bond donors (Lipinski definition) is 0. The van der Waals surface area contributed by atoms with Gasteiger partial charge in [0.25, 0.3) is 0 Å². The van der Waals surface area contributed by atoms with Gasteiger partial charge in [0.2, 0.25) is 0 Å². The van der Waals surface area contributed by atoms with Gasteiger partial charge in [0.1, 0.15) is 23.0 Å². The van der Waals surface area contributed by atoms with Crippen molar-refractivity contribution in [3.05, 3.63) is 52.6 Å². The molecule has 0 spiro atoms. The Morgan fingerprint density at radius 2 is 0.871 bits per heavy atom. The summed E-state index contributed by atoms with van der Waals surface area (Å²) in [6.07, 6.45) is 6.22. The number of aryl methyl sites for hydroxylation is 4. The van der Waals surface area contributed by atoms with Crippen LogP contribution in [0.5, 0.6) is 0 Å². The first-order chi connectivity index (χ1) is 34.0. The van der Waals surface area contributed by atoms with Gasteiger partial charge in [0.15, 0.2) is 0 Å². The third-order valence-electron chi connectivity index (χ3n) is 14.1. The van der Waals surface area contributed by atoms with Crippen molar-refractivity contribution in [2.75, 3.05) is 205 Å². The number of rotatable bonds is 23. The highest BCUT2D eigenvalue weighted by Crippen LogP contribution is 2.16. The largest absolute Gasteiger partial charge is 0.381 e. The van der Waals surface area contributed by atoms with E-state index in [4.69, 9.17) is 27.8 Å². The SMILES string of the molecule is CCN1CC(N2CCN(C)CC2)C1.Cc1cc(CCCOCCN2CCN(C)CC2)no1.Cc1cc(CCOCCCN2CCN(C)CC2)no1.Cc1cc(COCCCCN2CCN(C)CC2)no1. The zero-order valence-corrected chi connectivity index (χ0v) is 45.2. The quantitative estimate of drug-likeness (QED) is 0.127. The second-order valence-corrected chi connectivity index (χ2v) is 20.3. The van der Waals surface area contributed by atoms with Gasteiger partial charge in [-0.3, -0.25) is 9.80 Å². The highest BCUT2D eigenvalue weighted by atomic mass is 16.5. The lowest BCUT2D eigenvalue weighted by atomic mass is 10.1. The second-order valence-electron chi connectivity index (χ2n) is 20.3. The first kappa shape index (κ1) is 58.0. The summed E-state index contributed by atoms with van der Waals surface area (Å²) in [4.78, 5) is 22.3. The summed E-state index contributed by atoms with van der Waals surface area (Å²) < 4.78 is 31.9. The Hall–Kier alpha value is -2.85. The molecule has 3 aromatic heterocycles. The van der Waals surface area contributed by atoms with Gasteiger partial charge in [-0.15, -0.1) is 0 Å². The number of ether oxygens (including phenoxy) is 3. The van der Waals surface area contributed by atoms with Crippen LogP contribution < -0.4 is 0 Å². The Morgan fingerprint density at radius 1 is 0.443 bits per heavy atom. The fourth-order valence-corrected chi connectivity index (χ4v) is 9.03. The lowest BCUT2D eigenvalue weighted by molar-refractivity contribution is 0.0125. The van der Waals surface area contributed by atoms with Gasteiger partial charge in [-0.25, -0.2) is 0 Å². The first-order valence-corrected chi connectivity index (χ1v) is 26.9. The Morgan fingerprint density at radius 3 is 1.37 bits per heavy atom. The molecule has 0 aromatic carbocycles. The molecule has 0 bridgehead atoms. The molecule has 0 saturated carbocycles. The van der Waals surface area contributed by atoms with E-state index >= 15 is 0 Å². The highest BCUT2D eigenvalue weighted by molar-refractivity contribution is 5.04. The van der Waals surface area contributed by atoms with Gasteiger partial charge in [-0.05, 0) is 94.2 Å². The van der Waals surface area contributed by atoms with Gasteiger partial charge in [-0.1, -0.05) is 22.4 Å². The summed E-state index contributed by atoms with van der Waals surface area (Å²) in [6.45, 7) is 39.1. The average molecular weight is 985 g/mol. The molecule has 0 N–H and O–H groups in total. The van der Waals surface area contributed by atoms with E-state index in [1.165, 1.54) is 124 Å². The number of aromatic nitrogens is 3. The van der Waals surface area contributed by atoms with Crippen LogP contribution in [0.25, 0.3) is 0 Å². The summed E-state index contributed by atoms with van der Waals surface area (Å²) in [5.41, 5.74) is 2.90. The van der Waals surface area contributed by atoms with Gasteiger partial charge in [0, 0.05) is 181 Å². The lowest BCUT2D eigenvalue weighted by Gasteiger charge is -2.47. The minimum absolute atomic E-state index is 0.561. The van der Waals surface area contributed by atoms with Crippen molar-refractivity contribution in [3.8, 4) is 0 Å². The van der Waals surface area contributed by atoms with E-state index in [0.717, 1.165) is 132 Å². The molecular formula is C52H96N12O6. The van der Waals surface area contributed by atoms with Gasteiger partial charge >= 0.3 is 0 Å². The lowest BCUT2D eigenvalue weighted by Crippen LogP contribution is -2.62. The van der Waals surface area contributed by atoms with Crippen molar-refractivity contribution in [2.45, 2.75) is 78.9 Å². The van der Waals surface area contributed by atoms with Crippen LogP contribution in [-0.2, 0) is 33.7 Å². The van der Waals surface area contributed by atoms with Gasteiger partial charge in [-0.2, -0.15) is 0 Å². The van der Waals surface area contributed by atoms with Crippen LogP contribution in [0.15, 0.2) is 31.8 Å². The number of nitrogens with zero attached hydrogens (tertiary/aromatic N) is 12. The van der Waals surface area contributed by atoms with E-state index in [0.29, 0.717) is 6.61 Å². The molecule has 0 unspecified atom stereocenters.